The van der Waals surface area contributed by atoms with Gasteiger partial charge in [0.15, 0.2) is 11.5 Å². The average molecular weight is 447 g/mol. The Morgan fingerprint density at radius 3 is 2.48 bits per heavy atom. The predicted octanol–water partition coefficient (Wildman–Crippen LogP) is 3.22. The van der Waals surface area contributed by atoms with Crippen LogP contribution in [0.25, 0.3) is 0 Å². The van der Waals surface area contributed by atoms with E-state index < -0.39 is 10.0 Å². The van der Waals surface area contributed by atoms with E-state index in [9.17, 15) is 8.42 Å². The Kier molecular flexibility index (Phi) is 6.34. The molecular formula is C22H30N4O4S. The summed E-state index contributed by atoms with van der Waals surface area (Å²) in [5.74, 6) is 2.96. The number of rotatable bonds is 6. The van der Waals surface area contributed by atoms with Crippen LogP contribution in [0.15, 0.2) is 24.3 Å². The lowest BCUT2D eigenvalue weighted by Crippen LogP contribution is -2.38. The minimum atomic E-state index is -3.32. The molecule has 3 heterocycles. The molecule has 0 radical (unpaired) electrons. The summed E-state index contributed by atoms with van der Waals surface area (Å²) in [5.41, 5.74) is 1.58. The van der Waals surface area contributed by atoms with Gasteiger partial charge in [-0.05, 0) is 37.8 Å². The van der Waals surface area contributed by atoms with Gasteiger partial charge in [-0.15, -0.1) is 0 Å². The number of sulfonamides is 1. The molecule has 0 amide bonds. The summed E-state index contributed by atoms with van der Waals surface area (Å²) >= 11 is 0. The Hall–Kier alpha value is -2.39. The lowest BCUT2D eigenvalue weighted by atomic mass is 9.99. The van der Waals surface area contributed by atoms with Gasteiger partial charge in [-0.2, -0.15) is 9.29 Å². The maximum atomic E-state index is 12.5. The molecule has 1 fully saturated rings. The standard InChI is InChI=1S/C22H30N4O4S/c1-4-31(27,28)26-14-11-18-17(15-26)21(30-20-8-6-5-7-19(20)29-3)24-22(23-18)25-12-9-16(2)10-13-25/h5-8,16H,4,9-15H2,1-3H3. The van der Waals surface area contributed by atoms with Gasteiger partial charge >= 0.3 is 0 Å². The minimum Gasteiger partial charge on any atom is -0.493 e. The second kappa shape index (κ2) is 9.00. The second-order valence-electron chi connectivity index (χ2n) is 8.16. The molecule has 0 saturated carbocycles. The fourth-order valence-electron chi connectivity index (χ4n) is 4.01. The smallest absolute Gasteiger partial charge is 0.229 e. The number of fused-ring (bicyclic) bond motifs is 1. The zero-order chi connectivity index (χ0) is 22.0. The molecule has 0 unspecified atom stereocenters. The van der Waals surface area contributed by atoms with E-state index in [0.29, 0.717) is 42.2 Å². The number of aromatic nitrogens is 2. The van der Waals surface area contributed by atoms with Crippen LogP contribution >= 0.6 is 0 Å². The zero-order valence-corrected chi connectivity index (χ0v) is 19.2. The number of anilines is 1. The Morgan fingerprint density at radius 2 is 1.81 bits per heavy atom. The average Bonchev–Trinajstić information content (AvgIpc) is 2.79. The van der Waals surface area contributed by atoms with Gasteiger partial charge in [0.05, 0.1) is 24.1 Å². The third-order valence-electron chi connectivity index (χ3n) is 6.08. The number of piperidine rings is 1. The van der Waals surface area contributed by atoms with Crippen LogP contribution in [0, 0.1) is 5.92 Å². The monoisotopic (exact) mass is 446 g/mol. The summed E-state index contributed by atoms with van der Waals surface area (Å²) < 4.78 is 38.1. The van der Waals surface area contributed by atoms with E-state index in [2.05, 4.69) is 11.8 Å². The summed E-state index contributed by atoms with van der Waals surface area (Å²) in [4.78, 5) is 11.8. The van der Waals surface area contributed by atoms with Crippen LogP contribution in [0.2, 0.25) is 0 Å². The predicted molar refractivity (Wildman–Crippen MR) is 119 cm³/mol. The third kappa shape index (κ3) is 4.62. The molecule has 0 aliphatic carbocycles. The Labute approximate surface area is 184 Å². The van der Waals surface area contributed by atoms with Crippen molar-refractivity contribution in [3.8, 4) is 17.4 Å². The van der Waals surface area contributed by atoms with Crippen molar-refractivity contribution in [2.45, 2.75) is 39.7 Å². The highest BCUT2D eigenvalue weighted by Crippen LogP contribution is 2.36. The highest BCUT2D eigenvalue weighted by atomic mass is 32.2. The first kappa shape index (κ1) is 21.8. The van der Waals surface area contributed by atoms with E-state index in [1.807, 2.05) is 24.3 Å². The lowest BCUT2D eigenvalue weighted by molar-refractivity contribution is 0.353. The van der Waals surface area contributed by atoms with Crippen LogP contribution in [0.4, 0.5) is 5.95 Å². The first-order chi connectivity index (χ1) is 14.9. The molecule has 1 saturated heterocycles. The maximum absolute atomic E-state index is 12.5. The van der Waals surface area contributed by atoms with Gasteiger partial charge in [0.1, 0.15) is 0 Å². The molecular weight excluding hydrogens is 416 g/mol. The summed E-state index contributed by atoms with van der Waals surface area (Å²) in [6, 6.07) is 7.38. The second-order valence-corrected chi connectivity index (χ2v) is 10.4. The molecule has 0 bridgehead atoms. The molecule has 9 heteroatoms. The number of nitrogens with zero attached hydrogens (tertiary/aromatic N) is 4. The van der Waals surface area contributed by atoms with E-state index >= 15 is 0 Å². The molecule has 0 N–H and O–H groups in total. The molecule has 1 aromatic heterocycles. The van der Waals surface area contributed by atoms with Gasteiger partial charge in [0.2, 0.25) is 21.9 Å². The summed E-state index contributed by atoms with van der Waals surface area (Å²) in [6.45, 7) is 6.38. The van der Waals surface area contributed by atoms with Crippen molar-refractivity contribution in [2.75, 3.05) is 37.4 Å². The van der Waals surface area contributed by atoms with Gasteiger partial charge in [0, 0.05) is 32.6 Å². The van der Waals surface area contributed by atoms with Crippen molar-refractivity contribution in [2.24, 2.45) is 5.92 Å². The van der Waals surface area contributed by atoms with Crippen molar-refractivity contribution >= 4 is 16.0 Å². The largest absolute Gasteiger partial charge is 0.493 e. The van der Waals surface area contributed by atoms with E-state index in [1.54, 1.807) is 14.0 Å². The molecule has 31 heavy (non-hydrogen) atoms. The van der Waals surface area contributed by atoms with Crippen molar-refractivity contribution < 1.29 is 17.9 Å². The number of ether oxygens (including phenoxy) is 2. The van der Waals surface area contributed by atoms with Crippen molar-refractivity contribution in [3.05, 3.63) is 35.5 Å². The summed E-state index contributed by atoms with van der Waals surface area (Å²) in [5, 5.41) is 0. The maximum Gasteiger partial charge on any atom is 0.229 e. The number of para-hydroxylation sites is 2. The minimum absolute atomic E-state index is 0.0654. The van der Waals surface area contributed by atoms with E-state index in [4.69, 9.17) is 19.4 Å². The normalized spacial score (nSPS) is 18.0. The summed E-state index contributed by atoms with van der Waals surface area (Å²) in [6.07, 6.45) is 2.74. The van der Waals surface area contributed by atoms with E-state index in [-0.39, 0.29) is 12.3 Å². The third-order valence-corrected chi connectivity index (χ3v) is 7.90. The highest BCUT2D eigenvalue weighted by molar-refractivity contribution is 7.89. The fourth-order valence-corrected chi connectivity index (χ4v) is 5.07. The van der Waals surface area contributed by atoms with Crippen LogP contribution in [-0.2, 0) is 23.0 Å². The van der Waals surface area contributed by atoms with Crippen LogP contribution in [0.1, 0.15) is 37.9 Å². The van der Waals surface area contributed by atoms with Gasteiger partial charge in [-0.3, -0.25) is 0 Å². The SMILES string of the molecule is CCS(=O)(=O)N1CCc2nc(N3CCC(C)CC3)nc(Oc3ccccc3OC)c2C1. The molecule has 8 nitrogen and oxygen atoms in total. The van der Waals surface area contributed by atoms with E-state index in [0.717, 1.165) is 37.2 Å². The topological polar surface area (TPSA) is 84.9 Å². The van der Waals surface area contributed by atoms with Gasteiger partial charge in [0.25, 0.3) is 0 Å². The quantitative estimate of drug-likeness (QED) is 0.673. The van der Waals surface area contributed by atoms with Crippen molar-refractivity contribution in [3.63, 3.8) is 0 Å². The molecule has 168 valence electrons. The molecule has 1 aromatic carbocycles. The fraction of sp³-hybridized carbons (Fsp3) is 0.545. The Morgan fingerprint density at radius 1 is 1.10 bits per heavy atom. The van der Waals surface area contributed by atoms with Crippen LogP contribution in [0.3, 0.4) is 0 Å². The zero-order valence-electron chi connectivity index (χ0n) is 18.4. The van der Waals surface area contributed by atoms with E-state index in [1.165, 1.54) is 4.31 Å². The molecule has 4 rings (SSSR count). The van der Waals surface area contributed by atoms with Crippen LogP contribution < -0.4 is 14.4 Å². The Bertz CT molecular complexity index is 1040. The molecule has 2 aliphatic heterocycles. The van der Waals surface area contributed by atoms with Crippen molar-refractivity contribution in [1.29, 1.82) is 0 Å². The Balaban J connectivity index is 1.73. The van der Waals surface area contributed by atoms with Gasteiger partial charge in [-0.25, -0.2) is 13.4 Å². The number of benzene rings is 1. The van der Waals surface area contributed by atoms with Crippen LogP contribution in [0.5, 0.6) is 17.4 Å². The first-order valence-corrected chi connectivity index (χ1v) is 12.5. The molecule has 2 aromatic rings. The van der Waals surface area contributed by atoms with Crippen LogP contribution in [-0.4, -0.2) is 55.2 Å². The number of hydrogen-bond donors (Lipinski definition) is 0. The first-order valence-electron chi connectivity index (χ1n) is 10.8. The molecule has 0 atom stereocenters. The van der Waals surface area contributed by atoms with Crippen molar-refractivity contribution in [1.82, 2.24) is 14.3 Å². The summed E-state index contributed by atoms with van der Waals surface area (Å²) in [7, 11) is -1.73. The number of hydrogen-bond acceptors (Lipinski definition) is 7. The molecule has 0 spiro atoms. The number of methoxy groups -OCH3 is 1. The lowest BCUT2D eigenvalue weighted by Gasteiger charge is -2.32. The molecule has 2 aliphatic rings. The van der Waals surface area contributed by atoms with Gasteiger partial charge < -0.3 is 14.4 Å². The highest BCUT2D eigenvalue weighted by Gasteiger charge is 2.31. The van der Waals surface area contributed by atoms with Gasteiger partial charge in [-0.1, -0.05) is 19.1 Å².